The van der Waals surface area contributed by atoms with Gasteiger partial charge in [-0.05, 0) is 11.6 Å². The minimum atomic E-state index is -0.664. The fourth-order valence-corrected chi connectivity index (χ4v) is 1.59. The number of benzene rings is 1. The summed E-state index contributed by atoms with van der Waals surface area (Å²) in [7, 11) is 0. The first kappa shape index (κ1) is 9.02. The van der Waals surface area contributed by atoms with E-state index in [0.29, 0.717) is 6.42 Å². The molecule has 1 atom stereocenters. The Kier molecular flexibility index (Phi) is 2.37. The number of hydrogen-bond donors (Lipinski definition) is 1. The molecule has 0 bridgehead atoms. The first-order valence-electron chi connectivity index (χ1n) is 4.38. The summed E-state index contributed by atoms with van der Waals surface area (Å²) in [5.74, 6) is 0.144. The van der Waals surface area contributed by atoms with E-state index < -0.39 is 5.97 Å². The second-order valence-corrected chi connectivity index (χ2v) is 3.22. The van der Waals surface area contributed by atoms with Gasteiger partial charge in [-0.2, -0.15) is 5.26 Å². The first-order valence-corrected chi connectivity index (χ1v) is 4.38. The van der Waals surface area contributed by atoms with Crippen LogP contribution in [0.5, 0.6) is 5.75 Å². The van der Waals surface area contributed by atoms with Crippen LogP contribution < -0.4 is 4.74 Å². The predicted molar refractivity (Wildman–Crippen MR) is 47.9 cm³/mol. The van der Waals surface area contributed by atoms with Crippen molar-refractivity contribution in [3.8, 4) is 5.75 Å². The Morgan fingerprint density at radius 1 is 1.57 bits per heavy atom. The lowest BCUT2D eigenvalue weighted by Gasteiger charge is -2.07. The monoisotopic (exact) mass is 194 g/mol. The van der Waals surface area contributed by atoms with E-state index in [0.717, 1.165) is 11.3 Å². The van der Waals surface area contributed by atoms with E-state index in [1.54, 1.807) is 0 Å². The molecule has 74 valence electrons. The van der Waals surface area contributed by atoms with Gasteiger partial charge in [0.2, 0.25) is 0 Å². The minimum absolute atomic E-state index is 0.0746. The highest BCUT2D eigenvalue weighted by molar-refractivity contribution is 5.69. The molecular formula is C10H10O4. The molecule has 0 saturated carbocycles. The first-order chi connectivity index (χ1) is 6.79. The van der Waals surface area contributed by atoms with E-state index in [-0.39, 0.29) is 12.5 Å². The number of hydrogen-bond acceptors (Lipinski definition) is 4. The summed E-state index contributed by atoms with van der Waals surface area (Å²) in [4.78, 5) is 14.4. The number of rotatable bonds is 2. The fourth-order valence-electron chi connectivity index (χ4n) is 1.59. The number of fused-ring (bicyclic) bond motifs is 1. The molecule has 0 aliphatic carbocycles. The van der Waals surface area contributed by atoms with Gasteiger partial charge < -0.3 is 9.62 Å². The van der Waals surface area contributed by atoms with Crippen LogP contribution in [0, 0.1) is 0 Å². The molecule has 0 spiro atoms. The molecule has 4 heteroatoms. The Morgan fingerprint density at radius 3 is 3.07 bits per heavy atom. The zero-order chi connectivity index (χ0) is 9.97. The van der Waals surface area contributed by atoms with Crippen LogP contribution in [0.1, 0.15) is 12.0 Å². The highest BCUT2D eigenvalue weighted by Crippen LogP contribution is 2.29. The highest BCUT2D eigenvalue weighted by atomic mass is 17.1. The van der Waals surface area contributed by atoms with Crippen molar-refractivity contribution in [2.24, 2.45) is 0 Å². The smallest absolute Gasteiger partial charge is 0.345 e. The summed E-state index contributed by atoms with van der Waals surface area (Å²) in [6, 6.07) is 7.62. The zero-order valence-electron chi connectivity index (χ0n) is 7.47. The molecule has 1 aromatic rings. The summed E-state index contributed by atoms with van der Waals surface area (Å²) in [5.41, 5.74) is 1.09. The van der Waals surface area contributed by atoms with Crippen LogP contribution in [0.4, 0.5) is 0 Å². The van der Waals surface area contributed by atoms with E-state index in [1.165, 1.54) is 0 Å². The van der Waals surface area contributed by atoms with E-state index in [9.17, 15) is 4.79 Å². The molecule has 14 heavy (non-hydrogen) atoms. The van der Waals surface area contributed by atoms with Gasteiger partial charge in [0.05, 0.1) is 6.42 Å². The van der Waals surface area contributed by atoms with Gasteiger partial charge in [-0.15, -0.1) is 0 Å². The van der Waals surface area contributed by atoms with Gasteiger partial charge >= 0.3 is 5.97 Å². The maximum absolute atomic E-state index is 10.8. The molecule has 0 aromatic heterocycles. The summed E-state index contributed by atoms with van der Waals surface area (Å²) in [6.45, 7) is 0. The lowest BCUT2D eigenvalue weighted by molar-refractivity contribution is -0.235. The van der Waals surface area contributed by atoms with Crippen molar-refractivity contribution in [3.05, 3.63) is 29.8 Å². The third-order valence-electron chi connectivity index (χ3n) is 2.21. The number of para-hydroxylation sites is 1. The third kappa shape index (κ3) is 1.70. The molecule has 0 saturated heterocycles. The van der Waals surface area contributed by atoms with Gasteiger partial charge in [-0.25, -0.2) is 4.79 Å². The minimum Gasteiger partial charge on any atom is -0.489 e. The maximum atomic E-state index is 10.8. The SMILES string of the molecule is O=C(CC1Cc2ccccc2O1)OO. The van der Waals surface area contributed by atoms with Crippen molar-refractivity contribution >= 4 is 5.97 Å². The Bertz CT molecular complexity index is 323. The van der Waals surface area contributed by atoms with Crippen molar-refractivity contribution in [1.29, 1.82) is 0 Å². The van der Waals surface area contributed by atoms with Crippen molar-refractivity contribution in [2.45, 2.75) is 18.9 Å². The fraction of sp³-hybridized carbons (Fsp3) is 0.300. The van der Waals surface area contributed by atoms with Gasteiger partial charge in [0.1, 0.15) is 11.9 Å². The van der Waals surface area contributed by atoms with E-state index in [4.69, 9.17) is 9.99 Å². The van der Waals surface area contributed by atoms with Crippen molar-refractivity contribution in [1.82, 2.24) is 0 Å². The van der Waals surface area contributed by atoms with Crippen molar-refractivity contribution in [3.63, 3.8) is 0 Å². The molecule has 1 aliphatic heterocycles. The average Bonchev–Trinajstić information content (AvgIpc) is 2.59. The van der Waals surface area contributed by atoms with Crippen LogP contribution in [0.25, 0.3) is 0 Å². The lowest BCUT2D eigenvalue weighted by Crippen LogP contribution is -2.19. The normalized spacial score (nSPS) is 18.5. The second-order valence-electron chi connectivity index (χ2n) is 3.22. The Hall–Kier alpha value is -1.55. The van der Waals surface area contributed by atoms with Crippen LogP contribution in [-0.2, 0) is 16.1 Å². The van der Waals surface area contributed by atoms with E-state index >= 15 is 0 Å². The van der Waals surface area contributed by atoms with Crippen LogP contribution >= 0.6 is 0 Å². The molecule has 2 rings (SSSR count). The summed E-state index contributed by atoms with van der Waals surface area (Å²) >= 11 is 0. The molecule has 1 N–H and O–H groups in total. The molecule has 4 nitrogen and oxygen atoms in total. The summed E-state index contributed by atoms with van der Waals surface area (Å²) in [5, 5.41) is 8.11. The molecular weight excluding hydrogens is 184 g/mol. The molecule has 1 aliphatic rings. The third-order valence-corrected chi connectivity index (χ3v) is 2.21. The lowest BCUT2D eigenvalue weighted by atomic mass is 10.1. The second kappa shape index (κ2) is 3.67. The molecule has 1 unspecified atom stereocenters. The Balaban J connectivity index is 2.01. The zero-order valence-corrected chi connectivity index (χ0v) is 7.47. The number of ether oxygens (including phenoxy) is 1. The van der Waals surface area contributed by atoms with Gasteiger partial charge in [-0.1, -0.05) is 18.2 Å². The van der Waals surface area contributed by atoms with Gasteiger partial charge in [0.25, 0.3) is 0 Å². The summed E-state index contributed by atoms with van der Waals surface area (Å²) < 4.78 is 5.47. The Labute approximate surface area is 81.0 Å². The van der Waals surface area contributed by atoms with Gasteiger partial charge in [0.15, 0.2) is 0 Å². The number of carbonyl (C=O) groups is 1. The van der Waals surface area contributed by atoms with Gasteiger partial charge in [-0.3, -0.25) is 0 Å². The largest absolute Gasteiger partial charge is 0.489 e. The number of carbonyl (C=O) groups excluding carboxylic acids is 1. The topological polar surface area (TPSA) is 55.8 Å². The standard InChI is InChI=1S/C10H10O4/c11-10(14-12)6-8-5-7-3-1-2-4-9(7)13-8/h1-4,8,12H,5-6H2. The molecule has 1 aromatic carbocycles. The van der Waals surface area contributed by atoms with Crippen LogP contribution in [0.2, 0.25) is 0 Å². The van der Waals surface area contributed by atoms with Crippen LogP contribution in [0.15, 0.2) is 24.3 Å². The molecule has 0 fully saturated rings. The molecule has 0 radical (unpaired) electrons. The van der Waals surface area contributed by atoms with E-state index in [2.05, 4.69) is 4.89 Å². The maximum Gasteiger partial charge on any atom is 0.345 e. The van der Waals surface area contributed by atoms with Crippen LogP contribution in [-0.4, -0.2) is 17.3 Å². The van der Waals surface area contributed by atoms with Gasteiger partial charge in [0, 0.05) is 6.42 Å². The van der Waals surface area contributed by atoms with Crippen LogP contribution in [0.3, 0.4) is 0 Å². The molecule has 1 heterocycles. The summed E-state index contributed by atoms with van der Waals surface area (Å²) in [6.07, 6.45) is 0.545. The highest BCUT2D eigenvalue weighted by Gasteiger charge is 2.25. The Morgan fingerprint density at radius 2 is 2.36 bits per heavy atom. The van der Waals surface area contributed by atoms with Crippen molar-refractivity contribution < 1.29 is 19.7 Å². The quantitative estimate of drug-likeness (QED) is 0.571. The average molecular weight is 194 g/mol. The van der Waals surface area contributed by atoms with Crippen molar-refractivity contribution in [2.75, 3.05) is 0 Å². The predicted octanol–water partition coefficient (Wildman–Crippen LogP) is 1.40. The van der Waals surface area contributed by atoms with E-state index in [1.807, 2.05) is 24.3 Å². The molecule has 0 amide bonds.